The van der Waals surface area contributed by atoms with Gasteiger partial charge in [-0.3, -0.25) is 14.7 Å². The Labute approximate surface area is 171 Å². The Morgan fingerprint density at radius 3 is 2.66 bits per heavy atom. The molecule has 3 rings (SSSR count). The molecule has 0 spiro atoms. The van der Waals surface area contributed by atoms with E-state index in [2.05, 4.69) is 26.6 Å². The van der Waals surface area contributed by atoms with Crippen LogP contribution < -0.4 is 21.1 Å². The van der Waals surface area contributed by atoms with Crippen LogP contribution in [0.3, 0.4) is 0 Å². The lowest BCUT2D eigenvalue weighted by Gasteiger charge is -2.30. The lowest BCUT2D eigenvalue weighted by Crippen LogP contribution is -2.42. The van der Waals surface area contributed by atoms with Gasteiger partial charge in [-0.05, 0) is 44.1 Å². The molecule has 0 aliphatic carbocycles. The van der Waals surface area contributed by atoms with Crippen LogP contribution in [-0.2, 0) is 6.54 Å². The summed E-state index contributed by atoms with van der Waals surface area (Å²) < 4.78 is 11.0. The molecule has 8 heteroatoms. The van der Waals surface area contributed by atoms with E-state index < -0.39 is 5.91 Å². The highest BCUT2D eigenvalue weighted by atomic mass is 16.5. The molecule has 0 saturated carbocycles. The monoisotopic (exact) mass is 399 g/mol. The second kappa shape index (κ2) is 9.97. The Bertz CT molecular complexity index is 842. The topological polar surface area (TPSA) is 105 Å². The van der Waals surface area contributed by atoms with Crippen LogP contribution in [0.2, 0.25) is 0 Å². The Hall–Kier alpha value is -3.00. The van der Waals surface area contributed by atoms with E-state index in [1.807, 2.05) is 18.2 Å². The summed E-state index contributed by atoms with van der Waals surface area (Å²) in [5.41, 5.74) is 6.39. The summed E-state index contributed by atoms with van der Waals surface area (Å²) in [6.45, 7) is 3.22. The van der Waals surface area contributed by atoms with Gasteiger partial charge in [-0.1, -0.05) is 18.2 Å². The number of methoxy groups -OCH3 is 1. The Balaban J connectivity index is 1.64. The first kappa shape index (κ1) is 20.7. The van der Waals surface area contributed by atoms with Gasteiger partial charge in [-0.2, -0.15) is 0 Å². The maximum atomic E-state index is 11.2. The summed E-state index contributed by atoms with van der Waals surface area (Å²) in [6.07, 6.45) is 2.42. The number of carbonyl (C=O) groups excluding carboxylic acids is 1. The Morgan fingerprint density at radius 1 is 1.24 bits per heavy atom. The zero-order chi connectivity index (χ0) is 20.6. The number of nitrogens with zero attached hydrogens (tertiary/aromatic N) is 2. The molecular formula is C21H29N5O3. The van der Waals surface area contributed by atoms with Crippen molar-refractivity contribution in [1.29, 1.82) is 0 Å². The molecule has 8 nitrogen and oxygen atoms in total. The van der Waals surface area contributed by atoms with Gasteiger partial charge >= 0.3 is 0 Å². The zero-order valence-electron chi connectivity index (χ0n) is 17.0. The molecule has 1 aliphatic heterocycles. The van der Waals surface area contributed by atoms with Crippen molar-refractivity contribution in [1.82, 2.24) is 15.5 Å². The van der Waals surface area contributed by atoms with Gasteiger partial charge in [0.15, 0.2) is 11.7 Å². The minimum atomic E-state index is -0.580. The molecule has 29 heavy (non-hydrogen) atoms. The minimum absolute atomic E-state index is 0.148. The highest BCUT2D eigenvalue weighted by Gasteiger charge is 2.26. The van der Waals surface area contributed by atoms with Crippen molar-refractivity contribution in [2.24, 2.45) is 10.7 Å². The fraction of sp³-hybridized carbons (Fsp3) is 0.429. The number of ether oxygens (including phenoxy) is 1. The second-order valence-electron chi connectivity index (χ2n) is 6.94. The fourth-order valence-electron chi connectivity index (χ4n) is 3.62. The van der Waals surface area contributed by atoms with Crippen molar-refractivity contribution >= 4 is 11.9 Å². The zero-order valence-corrected chi connectivity index (χ0v) is 17.0. The quantitative estimate of drug-likeness (QED) is 0.462. The summed E-state index contributed by atoms with van der Waals surface area (Å²) in [6, 6.07) is 11.6. The van der Waals surface area contributed by atoms with Gasteiger partial charge in [0, 0.05) is 19.2 Å². The molecule has 0 bridgehead atoms. The van der Waals surface area contributed by atoms with Crippen molar-refractivity contribution in [3.8, 4) is 5.75 Å². The third kappa shape index (κ3) is 5.29. The normalized spacial score (nSPS) is 15.9. The highest BCUT2D eigenvalue weighted by molar-refractivity contribution is 5.89. The highest BCUT2D eigenvalue weighted by Crippen LogP contribution is 2.31. The average Bonchev–Trinajstić information content (AvgIpc) is 3.43. The van der Waals surface area contributed by atoms with E-state index >= 15 is 0 Å². The number of hydrogen-bond donors (Lipinski definition) is 3. The lowest BCUT2D eigenvalue weighted by molar-refractivity contribution is 0.0972. The summed E-state index contributed by atoms with van der Waals surface area (Å²) in [5.74, 6) is 1.73. The number of nitrogens with one attached hydrogen (secondary N) is 2. The molecule has 1 amide bonds. The van der Waals surface area contributed by atoms with E-state index in [1.54, 1.807) is 26.3 Å². The van der Waals surface area contributed by atoms with Crippen LogP contribution in [0.25, 0.3) is 0 Å². The van der Waals surface area contributed by atoms with Gasteiger partial charge in [0.05, 0.1) is 19.7 Å². The predicted octanol–water partition coefficient (Wildman–Crippen LogP) is 1.89. The molecule has 2 heterocycles. The fourth-order valence-corrected chi connectivity index (χ4v) is 3.62. The van der Waals surface area contributed by atoms with Crippen molar-refractivity contribution in [3.05, 3.63) is 53.5 Å². The number of guanidine groups is 1. The van der Waals surface area contributed by atoms with Gasteiger partial charge in [0.2, 0.25) is 0 Å². The first-order chi connectivity index (χ1) is 14.1. The number of amides is 1. The minimum Gasteiger partial charge on any atom is -0.496 e. The number of likely N-dealkylation sites (tertiary alicyclic amines) is 1. The van der Waals surface area contributed by atoms with E-state index in [9.17, 15) is 4.79 Å². The number of rotatable bonds is 8. The average molecular weight is 399 g/mol. The molecule has 1 fully saturated rings. The van der Waals surface area contributed by atoms with Crippen molar-refractivity contribution in [2.45, 2.75) is 25.4 Å². The van der Waals surface area contributed by atoms with Crippen LogP contribution in [0, 0.1) is 0 Å². The van der Waals surface area contributed by atoms with E-state index in [-0.39, 0.29) is 11.8 Å². The molecule has 2 aromatic rings. The number of benzene rings is 1. The third-order valence-corrected chi connectivity index (χ3v) is 5.10. The van der Waals surface area contributed by atoms with Crippen molar-refractivity contribution in [3.63, 3.8) is 0 Å². The Kier molecular flexibility index (Phi) is 7.13. The van der Waals surface area contributed by atoms with Gasteiger partial charge in [-0.15, -0.1) is 0 Å². The van der Waals surface area contributed by atoms with Crippen LogP contribution in [0.4, 0.5) is 0 Å². The number of nitrogens with two attached hydrogens (primary N) is 1. The predicted molar refractivity (Wildman–Crippen MR) is 112 cm³/mol. The van der Waals surface area contributed by atoms with Gasteiger partial charge in [0.25, 0.3) is 5.91 Å². The molecule has 0 radical (unpaired) electrons. The molecule has 1 aliphatic rings. The summed E-state index contributed by atoms with van der Waals surface area (Å²) in [5, 5.41) is 6.61. The lowest BCUT2D eigenvalue weighted by atomic mass is 10.0. The van der Waals surface area contributed by atoms with Crippen molar-refractivity contribution in [2.75, 3.05) is 33.8 Å². The van der Waals surface area contributed by atoms with Crippen LogP contribution in [-0.4, -0.2) is 50.6 Å². The molecule has 1 atom stereocenters. The Morgan fingerprint density at radius 2 is 2.00 bits per heavy atom. The number of aliphatic imine (C=N–C) groups is 1. The van der Waals surface area contributed by atoms with E-state index in [4.69, 9.17) is 14.9 Å². The summed E-state index contributed by atoms with van der Waals surface area (Å²) in [4.78, 5) is 17.9. The molecule has 1 saturated heterocycles. The van der Waals surface area contributed by atoms with Crippen molar-refractivity contribution < 1.29 is 13.9 Å². The molecule has 1 unspecified atom stereocenters. The smallest absolute Gasteiger partial charge is 0.284 e. The molecule has 1 aromatic heterocycles. The standard InChI is InChI=1S/C21H29N5O3/c1-23-21(24-13-15-9-10-19(29-15)20(22)27)25-14-17(26-11-5-6-12-26)16-7-3-4-8-18(16)28-2/h3-4,7-10,17H,5-6,11-14H2,1-2H3,(H2,22,27)(H2,23,24,25). The third-order valence-electron chi connectivity index (χ3n) is 5.10. The molecule has 156 valence electrons. The number of furan rings is 1. The first-order valence-electron chi connectivity index (χ1n) is 9.82. The number of carbonyl (C=O) groups is 1. The molecule has 4 N–H and O–H groups in total. The van der Waals surface area contributed by atoms with E-state index in [1.165, 1.54) is 12.8 Å². The van der Waals surface area contributed by atoms with Crippen LogP contribution in [0.1, 0.15) is 40.8 Å². The number of para-hydroxylation sites is 1. The van der Waals surface area contributed by atoms with Crippen LogP contribution in [0.15, 0.2) is 45.8 Å². The second-order valence-corrected chi connectivity index (χ2v) is 6.94. The van der Waals surface area contributed by atoms with Crippen LogP contribution >= 0.6 is 0 Å². The number of hydrogen-bond acceptors (Lipinski definition) is 5. The first-order valence-corrected chi connectivity index (χ1v) is 9.82. The molecule has 1 aromatic carbocycles. The van der Waals surface area contributed by atoms with Gasteiger partial charge in [0.1, 0.15) is 11.5 Å². The number of primary amides is 1. The van der Waals surface area contributed by atoms with Crippen LogP contribution in [0.5, 0.6) is 5.75 Å². The summed E-state index contributed by atoms with van der Waals surface area (Å²) in [7, 11) is 3.43. The van der Waals surface area contributed by atoms with E-state index in [0.717, 1.165) is 24.4 Å². The SMILES string of the molecule is CN=C(NCc1ccc(C(N)=O)o1)NCC(c1ccccc1OC)N1CCCC1. The maximum Gasteiger partial charge on any atom is 0.284 e. The van der Waals surface area contributed by atoms with Gasteiger partial charge < -0.3 is 25.5 Å². The van der Waals surface area contributed by atoms with Gasteiger partial charge in [-0.25, -0.2) is 0 Å². The molecular weight excluding hydrogens is 370 g/mol. The van der Waals surface area contributed by atoms with E-state index in [0.29, 0.717) is 24.8 Å². The summed E-state index contributed by atoms with van der Waals surface area (Å²) >= 11 is 0. The largest absolute Gasteiger partial charge is 0.496 e. The maximum absolute atomic E-state index is 11.2.